The van der Waals surface area contributed by atoms with Crippen molar-refractivity contribution in [3.8, 4) is 11.5 Å². The lowest BCUT2D eigenvalue weighted by Gasteiger charge is -2.30. The average Bonchev–Trinajstić information content (AvgIpc) is 3.46. The van der Waals surface area contributed by atoms with Crippen LogP contribution >= 0.6 is 11.3 Å². The summed E-state index contributed by atoms with van der Waals surface area (Å²) in [6.07, 6.45) is 1.91. The second-order valence-electron chi connectivity index (χ2n) is 8.28. The van der Waals surface area contributed by atoms with Crippen molar-refractivity contribution in [1.29, 1.82) is 0 Å². The Kier molecular flexibility index (Phi) is 5.77. The number of thiazole rings is 1. The van der Waals surface area contributed by atoms with E-state index in [0.29, 0.717) is 41.2 Å². The number of nitrogens with one attached hydrogen (secondary N) is 1. The molecule has 9 heteroatoms. The van der Waals surface area contributed by atoms with E-state index in [0.717, 1.165) is 23.8 Å². The molecule has 0 radical (unpaired) electrons. The number of benzene rings is 2. The molecule has 7 nitrogen and oxygen atoms in total. The third kappa shape index (κ3) is 4.44. The summed E-state index contributed by atoms with van der Waals surface area (Å²) in [5.74, 6) is 0.631. The summed E-state index contributed by atoms with van der Waals surface area (Å²) < 4.78 is 33.2. The maximum atomic E-state index is 12.9. The van der Waals surface area contributed by atoms with Gasteiger partial charge in [-0.2, -0.15) is 4.31 Å². The van der Waals surface area contributed by atoms with E-state index in [2.05, 4.69) is 17.2 Å². The van der Waals surface area contributed by atoms with Crippen molar-refractivity contribution < 1.29 is 17.6 Å². The molecule has 2 aromatic heterocycles. The molecule has 33 heavy (non-hydrogen) atoms. The minimum absolute atomic E-state index is 0.203. The highest BCUT2D eigenvalue weighted by Crippen LogP contribution is 2.30. The van der Waals surface area contributed by atoms with Gasteiger partial charge in [-0.25, -0.2) is 13.4 Å². The number of hydrogen-bond acceptors (Lipinski definition) is 6. The standard InChI is InChI=1S/C24H23N3O4S2/c1-16-5-4-12-27(14-16)33(29,30)19-10-8-17(9-11-19)23(28)26-24-25-20(15-32-24)22-13-18-6-2-3-7-21(18)31-22/h2-3,6-11,13,15-16H,4-5,12,14H2,1H3,(H,25,26,28)/t16-/m1/s1. The number of anilines is 1. The monoisotopic (exact) mass is 481 g/mol. The molecule has 0 unspecified atom stereocenters. The van der Waals surface area contributed by atoms with Gasteiger partial charge in [-0.1, -0.05) is 25.1 Å². The lowest BCUT2D eigenvalue weighted by molar-refractivity contribution is 0.102. The number of amides is 1. The Labute approximate surface area is 196 Å². The number of rotatable bonds is 5. The fourth-order valence-corrected chi connectivity index (χ4v) is 6.31. The molecule has 0 spiro atoms. The van der Waals surface area contributed by atoms with Crippen molar-refractivity contribution in [1.82, 2.24) is 9.29 Å². The Morgan fingerprint density at radius 2 is 1.97 bits per heavy atom. The number of sulfonamides is 1. The smallest absolute Gasteiger partial charge is 0.257 e. The third-order valence-corrected chi connectivity index (χ3v) is 8.41. The normalized spacial score (nSPS) is 17.3. The molecule has 170 valence electrons. The number of furan rings is 1. The third-order valence-electron chi connectivity index (χ3n) is 5.78. The fraction of sp³-hybridized carbons (Fsp3) is 0.250. The number of carbonyl (C=O) groups is 1. The molecule has 0 bridgehead atoms. The summed E-state index contributed by atoms with van der Waals surface area (Å²) >= 11 is 1.30. The van der Waals surface area contributed by atoms with Crippen molar-refractivity contribution in [2.75, 3.05) is 18.4 Å². The van der Waals surface area contributed by atoms with Gasteiger partial charge in [0, 0.05) is 29.4 Å². The Hall–Kier alpha value is -3.01. The van der Waals surface area contributed by atoms with Crippen LogP contribution in [0.5, 0.6) is 0 Å². The summed E-state index contributed by atoms with van der Waals surface area (Å²) in [4.78, 5) is 17.3. The second-order valence-corrected chi connectivity index (χ2v) is 11.1. The molecule has 0 aliphatic carbocycles. The Balaban J connectivity index is 1.28. The summed E-state index contributed by atoms with van der Waals surface area (Å²) in [7, 11) is -3.55. The van der Waals surface area contributed by atoms with Crippen molar-refractivity contribution in [2.24, 2.45) is 5.92 Å². The van der Waals surface area contributed by atoms with Crippen molar-refractivity contribution >= 4 is 43.4 Å². The van der Waals surface area contributed by atoms with E-state index in [1.165, 1.54) is 39.9 Å². The molecule has 1 saturated heterocycles. The van der Waals surface area contributed by atoms with Gasteiger partial charge in [0.15, 0.2) is 10.9 Å². The first-order chi connectivity index (χ1) is 15.9. The van der Waals surface area contributed by atoms with Gasteiger partial charge in [-0.15, -0.1) is 11.3 Å². The Bertz CT molecular complexity index is 1370. The van der Waals surface area contributed by atoms with Crippen LogP contribution in [0.15, 0.2) is 69.3 Å². The first-order valence-electron chi connectivity index (χ1n) is 10.8. The number of hydrogen-bond donors (Lipinski definition) is 1. The maximum Gasteiger partial charge on any atom is 0.257 e. The van der Waals surface area contributed by atoms with Crippen molar-refractivity contribution in [3.63, 3.8) is 0 Å². The van der Waals surface area contributed by atoms with E-state index >= 15 is 0 Å². The molecule has 5 rings (SSSR count). The van der Waals surface area contributed by atoms with Gasteiger partial charge in [0.05, 0.1) is 4.90 Å². The maximum absolute atomic E-state index is 12.9. The summed E-state index contributed by atoms with van der Waals surface area (Å²) in [5, 5.41) is 6.02. The van der Waals surface area contributed by atoms with E-state index in [1.807, 2.05) is 35.7 Å². The lowest BCUT2D eigenvalue weighted by Crippen LogP contribution is -2.39. The zero-order valence-corrected chi connectivity index (χ0v) is 19.7. The molecule has 1 aliphatic heterocycles. The van der Waals surface area contributed by atoms with Crippen molar-refractivity contribution in [3.05, 3.63) is 65.5 Å². The van der Waals surface area contributed by atoms with Gasteiger partial charge in [-0.05, 0) is 55.2 Å². The summed E-state index contributed by atoms with van der Waals surface area (Å²) in [5.41, 5.74) is 1.78. The Morgan fingerprint density at radius 3 is 2.73 bits per heavy atom. The number of carbonyl (C=O) groups excluding carboxylic acids is 1. The molecule has 1 aliphatic rings. The quantitative estimate of drug-likeness (QED) is 0.421. The minimum Gasteiger partial charge on any atom is -0.454 e. The highest BCUT2D eigenvalue weighted by atomic mass is 32.2. The number of nitrogens with zero attached hydrogens (tertiary/aromatic N) is 2. The first-order valence-corrected chi connectivity index (χ1v) is 13.1. The average molecular weight is 482 g/mol. The molecule has 1 atom stereocenters. The zero-order chi connectivity index (χ0) is 23.0. The number of fused-ring (bicyclic) bond motifs is 1. The van der Waals surface area contributed by atoms with Crippen LogP contribution in [-0.4, -0.2) is 36.7 Å². The number of aromatic nitrogens is 1. The van der Waals surface area contributed by atoms with Crippen LogP contribution in [0.25, 0.3) is 22.4 Å². The Morgan fingerprint density at radius 1 is 1.18 bits per heavy atom. The number of piperidine rings is 1. The fourth-order valence-electron chi connectivity index (χ4n) is 4.01. The van der Waals surface area contributed by atoms with Gasteiger partial charge in [0.1, 0.15) is 11.3 Å². The van der Waals surface area contributed by atoms with E-state index in [1.54, 1.807) is 0 Å². The first kappa shape index (κ1) is 21.8. The van der Waals surface area contributed by atoms with Gasteiger partial charge >= 0.3 is 0 Å². The van der Waals surface area contributed by atoms with Crippen LogP contribution in [0.1, 0.15) is 30.1 Å². The largest absolute Gasteiger partial charge is 0.454 e. The predicted molar refractivity (Wildman–Crippen MR) is 129 cm³/mol. The molecular weight excluding hydrogens is 458 g/mol. The molecule has 3 heterocycles. The van der Waals surface area contributed by atoms with E-state index in [4.69, 9.17) is 4.42 Å². The van der Waals surface area contributed by atoms with E-state index in [-0.39, 0.29) is 10.8 Å². The van der Waals surface area contributed by atoms with Gasteiger partial charge in [0.25, 0.3) is 5.91 Å². The predicted octanol–water partition coefficient (Wildman–Crippen LogP) is 5.23. The highest BCUT2D eigenvalue weighted by molar-refractivity contribution is 7.89. The van der Waals surface area contributed by atoms with E-state index in [9.17, 15) is 13.2 Å². The summed E-state index contributed by atoms with van der Waals surface area (Å²) in [6.45, 7) is 3.13. The van der Waals surface area contributed by atoms with Gasteiger partial charge in [0.2, 0.25) is 10.0 Å². The molecular formula is C24H23N3O4S2. The highest BCUT2D eigenvalue weighted by Gasteiger charge is 2.28. The van der Waals surface area contributed by atoms with E-state index < -0.39 is 10.0 Å². The minimum atomic E-state index is -3.55. The van der Waals surface area contributed by atoms with Crippen LogP contribution in [0.4, 0.5) is 5.13 Å². The molecule has 1 N–H and O–H groups in total. The molecule has 1 fully saturated rings. The SMILES string of the molecule is C[C@@H]1CCCN(S(=O)(=O)c2ccc(C(=O)Nc3nc(-c4cc5ccccc5o4)cs3)cc2)C1. The van der Waals surface area contributed by atoms with Crippen LogP contribution < -0.4 is 5.32 Å². The molecule has 4 aromatic rings. The summed E-state index contributed by atoms with van der Waals surface area (Å²) in [6, 6.07) is 15.7. The topological polar surface area (TPSA) is 92.5 Å². The molecule has 1 amide bonds. The second kappa shape index (κ2) is 8.74. The van der Waals surface area contributed by atoms with Gasteiger partial charge < -0.3 is 4.42 Å². The molecule has 0 saturated carbocycles. The van der Waals surface area contributed by atoms with Gasteiger partial charge in [-0.3, -0.25) is 10.1 Å². The van der Waals surface area contributed by atoms with Crippen LogP contribution in [0, 0.1) is 5.92 Å². The van der Waals surface area contributed by atoms with Crippen LogP contribution in [-0.2, 0) is 10.0 Å². The van der Waals surface area contributed by atoms with Crippen molar-refractivity contribution in [2.45, 2.75) is 24.7 Å². The lowest BCUT2D eigenvalue weighted by atomic mass is 10.0. The number of para-hydroxylation sites is 1. The zero-order valence-electron chi connectivity index (χ0n) is 18.0. The van der Waals surface area contributed by atoms with Crippen LogP contribution in [0.2, 0.25) is 0 Å². The molecule has 2 aromatic carbocycles. The van der Waals surface area contributed by atoms with Crippen LogP contribution in [0.3, 0.4) is 0 Å².